The van der Waals surface area contributed by atoms with Gasteiger partial charge in [0.15, 0.2) is 6.29 Å². The summed E-state index contributed by atoms with van der Waals surface area (Å²) in [5.74, 6) is -0.317. The van der Waals surface area contributed by atoms with E-state index in [1.54, 1.807) is 17.8 Å². The average Bonchev–Trinajstić information content (AvgIpc) is 3.59. The molecule has 0 spiro atoms. The maximum Gasteiger partial charge on any atom is 0.220 e. The number of aliphatic hydroxyl groups is 2. The summed E-state index contributed by atoms with van der Waals surface area (Å²) in [7, 11) is 0. The molecule has 1 aromatic heterocycles. The van der Waals surface area contributed by atoms with Crippen molar-refractivity contribution in [1.82, 2.24) is 20.3 Å². The highest BCUT2D eigenvalue weighted by atomic mass is 16.7. The number of hydrogen-bond acceptors (Lipinski definition) is 13. The van der Waals surface area contributed by atoms with Crippen molar-refractivity contribution in [3.8, 4) is 0 Å². The number of rotatable bonds is 22. The van der Waals surface area contributed by atoms with Crippen LogP contribution in [0.4, 0.5) is 0 Å². The Morgan fingerprint density at radius 1 is 1.10 bits per heavy atom. The Balaban J connectivity index is 1.08. The summed E-state index contributed by atoms with van der Waals surface area (Å²) in [6.07, 6.45) is 0.412. The van der Waals surface area contributed by atoms with E-state index in [2.05, 4.69) is 15.6 Å². The average molecular weight is 576 g/mol. The Morgan fingerprint density at radius 3 is 2.52 bits per heavy atom. The summed E-state index contributed by atoms with van der Waals surface area (Å²) < 4.78 is 40.7. The van der Waals surface area contributed by atoms with Crippen LogP contribution in [-0.4, -0.2) is 134 Å². The third-order valence-electron chi connectivity index (χ3n) is 6.61. The first-order valence-corrected chi connectivity index (χ1v) is 13.9. The molecule has 5 N–H and O–H groups in total. The Morgan fingerprint density at radius 2 is 1.80 bits per heavy atom. The molecule has 5 atom stereocenters. The Hall–Kier alpha value is -1.79. The van der Waals surface area contributed by atoms with Crippen LogP contribution in [0.3, 0.4) is 0 Å². The van der Waals surface area contributed by atoms with E-state index >= 15 is 0 Å². The van der Waals surface area contributed by atoms with Gasteiger partial charge in [-0.2, -0.15) is 0 Å². The fourth-order valence-corrected chi connectivity index (χ4v) is 4.22. The van der Waals surface area contributed by atoms with Crippen LogP contribution < -0.4 is 11.1 Å². The molecule has 230 valence electrons. The molecule has 1 amide bonds. The predicted octanol–water partition coefficient (Wildman–Crippen LogP) is -1.80. The van der Waals surface area contributed by atoms with Gasteiger partial charge in [-0.05, 0) is 13.0 Å². The maximum atomic E-state index is 11.5. The number of carbonyl (C=O) groups excluding carboxylic acids is 1. The molecule has 15 heteroatoms. The van der Waals surface area contributed by atoms with Crippen molar-refractivity contribution < 1.29 is 48.2 Å². The van der Waals surface area contributed by atoms with E-state index in [1.165, 1.54) is 0 Å². The molecule has 2 aliphatic heterocycles. The van der Waals surface area contributed by atoms with Gasteiger partial charge in [-0.1, -0.05) is 12.1 Å². The third kappa shape index (κ3) is 10.6. The summed E-state index contributed by atoms with van der Waals surface area (Å²) in [6, 6.07) is 0. The lowest BCUT2D eigenvalue weighted by Crippen LogP contribution is -2.60. The van der Waals surface area contributed by atoms with Crippen LogP contribution in [0, 0.1) is 5.92 Å². The number of aromatic nitrogens is 3. The van der Waals surface area contributed by atoms with Crippen molar-refractivity contribution >= 4 is 5.91 Å². The first kappa shape index (κ1) is 32.7. The van der Waals surface area contributed by atoms with E-state index in [9.17, 15) is 15.0 Å². The minimum absolute atomic E-state index is 0.0242. The fraction of sp³-hybridized carbons (Fsp3) is 0.880. The van der Waals surface area contributed by atoms with Gasteiger partial charge >= 0.3 is 0 Å². The number of amides is 1. The summed E-state index contributed by atoms with van der Waals surface area (Å²) in [6.45, 7) is 7.19. The molecule has 2 bridgehead atoms. The molecule has 40 heavy (non-hydrogen) atoms. The van der Waals surface area contributed by atoms with E-state index < -0.39 is 24.1 Å². The largest absolute Gasteiger partial charge is 0.390 e. The first-order chi connectivity index (χ1) is 19.4. The Bertz CT molecular complexity index is 849. The summed E-state index contributed by atoms with van der Waals surface area (Å²) in [4.78, 5) is 11.5. The van der Waals surface area contributed by atoms with Crippen molar-refractivity contribution in [3.63, 3.8) is 0 Å². The second kappa shape index (κ2) is 17.9. The van der Waals surface area contributed by atoms with Gasteiger partial charge in [0.2, 0.25) is 5.91 Å². The fourth-order valence-electron chi connectivity index (χ4n) is 4.22. The summed E-state index contributed by atoms with van der Waals surface area (Å²) >= 11 is 0. The molecule has 0 aliphatic carbocycles. The van der Waals surface area contributed by atoms with Gasteiger partial charge in [-0.3, -0.25) is 4.79 Å². The first-order valence-electron chi connectivity index (χ1n) is 13.9. The lowest BCUT2D eigenvalue weighted by atomic mass is 9.86. The van der Waals surface area contributed by atoms with Gasteiger partial charge in [-0.15, -0.1) is 5.10 Å². The van der Waals surface area contributed by atoms with Crippen LogP contribution in [0.25, 0.3) is 0 Å². The van der Waals surface area contributed by atoms with Crippen molar-refractivity contribution in [2.45, 2.75) is 57.0 Å². The molecule has 1 aromatic rings. The molecule has 2 saturated heterocycles. The minimum atomic E-state index is -1.06. The van der Waals surface area contributed by atoms with Crippen LogP contribution in [0.5, 0.6) is 0 Å². The highest BCUT2D eigenvalue weighted by molar-refractivity contribution is 5.75. The molecule has 2 fully saturated rings. The zero-order valence-electron chi connectivity index (χ0n) is 23.3. The van der Waals surface area contributed by atoms with Gasteiger partial charge in [0.05, 0.1) is 91.5 Å². The normalized spacial score (nSPS) is 25.9. The van der Waals surface area contributed by atoms with E-state index in [0.717, 1.165) is 0 Å². The van der Waals surface area contributed by atoms with Crippen LogP contribution >= 0.6 is 0 Å². The van der Waals surface area contributed by atoms with E-state index in [1.807, 2.05) is 0 Å². The second-order valence-electron chi connectivity index (χ2n) is 9.81. The number of nitrogens with zero attached hydrogens (tertiary/aromatic N) is 3. The van der Waals surface area contributed by atoms with Crippen LogP contribution in [0.15, 0.2) is 6.20 Å². The second-order valence-corrected chi connectivity index (χ2v) is 9.81. The molecule has 0 aromatic carbocycles. The van der Waals surface area contributed by atoms with Crippen molar-refractivity contribution in [1.29, 1.82) is 0 Å². The zero-order valence-corrected chi connectivity index (χ0v) is 23.3. The van der Waals surface area contributed by atoms with E-state index in [-0.39, 0.29) is 25.0 Å². The quantitative estimate of drug-likeness (QED) is 0.113. The SMILES string of the molecule is C[C@H]1[C@@H]2OC[C@](COCCOCCOCCOCCn3cc(COCCNC(=O)CCCN)nn3)(O2)[C@H](O)[C@@H]1O. The summed E-state index contributed by atoms with van der Waals surface area (Å²) in [5, 5.41) is 31.4. The highest BCUT2D eigenvalue weighted by Crippen LogP contribution is 2.39. The predicted molar refractivity (Wildman–Crippen MR) is 139 cm³/mol. The lowest BCUT2D eigenvalue weighted by Gasteiger charge is -2.41. The van der Waals surface area contributed by atoms with Crippen LogP contribution in [-0.2, 0) is 51.1 Å². The van der Waals surface area contributed by atoms with Gasteiger partial charge < -0.3 is 54.4 Å². The molecule has 0 unspecified atom stereocenters. The smallest absolute Gasteiger partial charge is 0.220 e. The molecule has 3 rings (SSSR count). The molecule has 0 saturated carbocycles. The van der Waals surface area contributed by atoms with Gasteiger partial charge in [0.25, 0.3) is 0 Å². The standard InChI is InChI=1S/C25H45N5O10/c1-19-22(32)23(33)25(18-39-24(19)40-25)17-38-14-13-36-12-11-35-10-9-34-8-6-30-15-20(28-29-30)16-37-7-5-27-21(31)3-2-4-26/h15,19,22-24,32-33H,2-14,16-18,26H2,1H3,(H,27,31)/t19-,22-,23-,24-,25+/m1/s1. The van der Waals surface area contributed by atoms with Gasteiger partial charge in [0, 0.05) is 18.9 Å². The molecule has 0 radical (unpaired) electrons. The van der Waals surface area contributed by atoms with E-state index in [4.69, 9.17) is 38.9 Å². The Labute approximate surface area is 234 Å². The van der Waals surface area contributed by atoms with Crippen molar-refractivity contribution in [2.75, 3.05) is 79.2 Å². The molecule has 3 heterocycles. The monoisotopic (exact) mass is 575 g/mol. The van der Waals surface area contributed by atoms with Crippen molar-refractivity contribution in [3.05, 3.63) is 11.9 Å². The topological polar surface area (TPSA) is 191 Å². The number of carbonyl (C=O) groups is 1. The van der Waals surface area contributed by atoms with Crippen LogP contribution in [0.1, 0.15) is 25.5 Å². The third-order valence-corrected chi connectivity index (χ3v) is 6.61. The number of aliphatic hydroxyl groups excluding tert-OH is 2. The Kier molecular flexibility index (Phi) is 14.6. The van der Waals surface area contributed by atoms with Crippen molar-refractivity contribution in [2.24, 2.45) is 11.7 Å². The molecule has 15 nitrogen and oxygen atoms in total. The zero-order chi connectivity index (χ0) is 28.6. The number of hydrogen-bond donors (Lipinski definition) is 4. The number of nitrogens with two attached hydrogens (primary N) is 1. The number of nitrogens with one attached hydrogen (secondary N) is 1. The highest BCUT2D eigenvalue weighted by Gasteiger charge is 2.57. The van der Waals surface area contributed by atoms with Crippen LogP contribution in [0.2, 0.25) is 0 Å². The molecular formula is C25H45N5O10. The minimum Gasteiger partial charge on any atom is -0.390 e. The van der Waals surface area contributed by atoms with E-state index in [0.29, 0.717) is 97.6 Å². The summed E-state index contributed by atoms with van der Waals surface area (Å²) in [5.41, 5.74) is 5.05. The maximum absolute atomic E-state index is 11.5. The van der Waals surface area contributed by atoms with Gasteiger partial charge in [0.1, 0.15) is 17.4 Å². The number of fused-ring (bicyclic) bond motifs is 2. The lowest BCUT2D eigenvalue weighted by molar-refractivity contribution is -0.248. The molecular weight excluding hydrogens is 530 g/mol. The van der Waals surface area contributed by atoms with Gasteiger partial charge in [-0.25, -0.2) is 4.68 Å². The number of ether oxygens (including phenoxy) is 7. The molecule has 2 aliphatic rings.